The van der Waals surface area contributed by atoms with Crippen molar-refractivity contribution in [1.29, 1.82) is 0 Å². The van der Waals surface area contributed by atoms with E-state index in [4.69, 9.17) is 26.1 Å². The average molecular weight is 655 g/mol. The monoisotopic (exact) mass is 654 g/mol. The fraction of sp³-hybridized carbons (Fsp3) is 0.312. The number of hydrogen-bond acceptors (Lipinski definition) is 8. The topological polar surface area (TPSA) is 91.3 Å². The van der Waals surface area contributed by atoms with Gasteiger partial charge in [0.1, 0.15) is 29.5 Å². The van der Waals surface area contributed by atoms with Crippen molar-refractivity contribution in [3.05, 3.63) is 94.5 Å². The minimum absolute atomic E-state index is 0.0442. The number of alkyl halides is 3. The fourth-order valence-electron chi connectivity index (χ4n) is 5.48. The van der Waals surface area contributed by atoms with Gasteiger partial charge in [0.15, 0.2) is 5.65 Å². The molecule has 2 aliphatic heterocycles. The smallest absolute Gasteiger partial charge is 0.471 e. The lowest BCUT2D eigenvalue weighted by Crippen LogP contribution is -2.33. The summed E-state index contributed by atoms with van der Waals surface area (Å²) in [6.07, 6.45) is 0.627. The fourth-order valence-corrected chi connectivity index (χ4v) is 5.64. The van der Waals surface area contributed by atoms with Crippen molar-refractivity contribution in [1.82, 2.24) is 29.6 Å². The zero-order chi connectivity index (χ0) is 31.8. The normalized spacial score (nSPS) is 17.2. The summed E-state index contributed by atoms with van der Waals surface area (Å²) in [4.78, 5) is 15.1. The summed E-state index contributed by atoms with van der Waals surface area (Å²) in [7, 11) is 0. The Morgan fingerprint density at radius 3 is 2.65 bits per heavy atom. The van der Waals surface area contributed by atoms with E-state index in [9.17, 15) is 17.6 Å². The summed E-state index contributed by atoms with van der Waals surface area (Å²) in [6.45, 7) is 3.36. The zero-order valence-corrected chi connectivity index (χ0v) is 25.1. The van der Waals surface area contributed by atoms with E-state index in [2.05, 4.69) is 30.6 Å². The minimum Gasteiger partial charge on any atom is -0.489 e. The molecule has 2 aliphatic rings. The molecule has 3 aromatic heterocycles. The Hall–Kier alpha value is -4.33. The highest BCUT2D eigenvalue weighted by molar-refractivity contribution is 6.30. The standard InChI is InChI=1S/C32H27ClF4N6O3/c33-23-5-4-21(26(34)14-23)18-45-24-3-1-2-20(12-24)19-6-9-42(10-7-19)17-28-39-27-13-22(29-40-31(46-41-29)32(35,36)37)15-38-30(27)43(28)16-25-8-11-44-25/h1-6,12-15,25H,7-11,16-18H2. The van der Waals surface area contributed by atoms with E-state index in [0.29, 0.717) is 53.7 Å². The molecule has 5 aromatic rings. The number of halogens is 5. The molecule has 0 aliphatic carbocycles. The summed E-state index contributed by atoms with van der Waals surface area (Å²) >= 11 is 5.85. The van der Waals surface area contributed by atoms with Crippen LogP contribution in [0.5, 0.6) is 5.75 Å². The molecular weight excluding hydrogens is 628 g/mol. The third-order valence-electron chi connectivity index (χ3n) is 8.04. The molecule has 5 heterocycles. The molecule has 1 saturated heterocycles. The van der Waals surface area contributed by atoms with Gasteiger partial charge >= 0.3 is 12.1 Å². The third-order valence-corrected chi connectivity index (χ3v) is 8.28. The predicted molar refractivity (Wildman–Crippen MR) is 160 cm³/mol. The highest BCUT2D eigenvalue weighted by Gasteiger charge is 2.38. The van der Waals surface area contributed by atoms with Crippen LogP contribution in [0.25, 0.3) is 28.1 Å². The first-order valence-electron chi connectivity index (χ1n) is 14.7. The summed E-state index contributed by atoms with van der Waals surface area (Å²) in [5, 5.41) is 3.82. The lowest BCUT2D eigenvalue weighted by atomic mass is 9.99. The number of aromatic nitrogens is 5. The number of imidazole rings is 1. The number of nitrogens with zero attached hydrogens (tertiary/aromatic N) is 6. The number of benzene rings is 2. The maximum absolute atomic E-state index is 14.2. The highest BCUT2D eigenvalue weighted by Crippen LogP contribution is 2.31. The molecule has 1 fully saturated rings. The summed E-state index contributed by atoms with van der Waals surface area (Å²) in [5.41, 5.74) is 4.05. The van der Waals surface area contributed by atoms with Crippen LogP contribution in [0.1, 0.15) is 35.7 Å². The maximum atomic E-state index is 14.2. The molecule has 2 aromatic carbocycles. The molecule has 7 rings (SSSR count). The first-order valence-corrected chi connectivity index (χ1v) is 15.0. The van der Waals surface area contributed by atoms with Gasteiger partial charge in [-0.2, -0.15) is 18.2 Å². The van der Waals surface area contributed by atoms with Crippen molar-refractivity contribution in [2.45, 2.75) is 44.8 Å². The van der Waals surface area contributed by atoms with Crippen LogP contribution in [0.4, 0.5) is 17.6 Å². The van der Waals surface area contributed by atoms with Crippen molar-refractivity contribution in [2.24, 2.45) is 0 Å². The van der Waals surface area contributed by atoms with E-state index >= 15 is 0 Å². The second-order valence-electron chi connectivity index (χ2n) is 11.2. The molecule has 0 bridgehead atoms. The van der Waals surface area contributed by atoms with E-state index in [0.717, 1.165) is 30.8 Å². The Balaban J connectivity index is 1.06. The van der Waals surface area contributed by atoms with Crippen LogP contribution in [-0.4, -0.2) is 55.4 Å². The Bertz CT molecular complexity index is 1920. The largest absolute Gasteiger partial charge is 0.489 e. The lowest BCUT2D eigenvalue weighted by Gasteiger charge is -2.29. The van der Waals surface area contributed by atoms with Crippen molar-refractivity contribution in [3.8, 4) is 17.1 Å². The van der Waals surface area contributed by atoms with E-state index in [1.807, 2.05) is 28.8 Å². The molecular formula is C32H27ClF4N6O3. The van der Waals surface area contributed by atoms with E-state index in [1.165, 1.54) is 17.8 Å². The predicted octanol–water partition coefficient (Wildman–Crippen LogP) is 6.95. The van der Waals surface area contributed by atoms with Crippen LogP contribution in [0.2, 0.25) is 5.02 Å². The molecule has 238 valence electrons. The first-order chi connectivity index (χ1) is 22.2. The molecule has 1 unspecified atom stereocenters. The molecule has 0 saturated carbocycles. The van der Waals surface area contributed by atoms with Crippen LogP contribution < -0.4 is 4.74 Å². The molecule has 9 nitrogen and oxygen atoms in total. The van der Waals surface area contributed by atoms with Crippen LogP contribution in [0.15, 0.2) is 65.3 Å². The summed E-state index contributed by atoms with van der Waals surface area (Å²) in [5.74, 6) is -0.609. The van der Waals surface area contributed by atoms with Gasteiger partial charge in [-0.25, -0.2) is 14.4 Å². The van der Waals surface area contributed by atoms with Crippen molar-refractivity contribution < 1.29 is 31.6 Å². The Morgan fingerprint density at radius 1 is 1.07 bits per heavy atom. The molecule has 0 amide bonds. The van der Waals surface area contributed by atoms with Gasteiger partial charge in [-0.15, -0.1) is 0 Å². The van der Waals surface area contributed by atoms with Gasteiger partial charge in [0.25, 0.3) is 0 Å². The van der Waals surface area contributed by atoms with Crippen LogP contribution in [0.3, 0.4) is 0 Å². The van der Waals surface area contributed by atoms with Gasteiger partial charge in [0.05, 0.1) is 19.2 Å². The van der Waals surface area contributed by atoms with Gasteiger partial charge in [-0.1, -0.05) is 41.0 Å². The van der Waals surface area contributed by atoms with E-state index < -0.39 is 17.9 Å². The van der Waals surface area contributed by atoms with Gasteiger partial charge in [0.2, 0.25) is 5.82 Å². The van der Waals surface area contributed by atoms with Gasteiger partial charge in [-0.05, 0) is 54.3 Å². The highest BCUT2D eigenvalue weighted by atomic mass is 35.5. The first kappa shape index (κ1) is 30.3. The maximum Gasteiger partial charge on any atom is 0.471 e. The number of rotatable bonds is 9. The quantitative estimate of drug-likeness (QED) is 0.158. The lowest BCUT2D eigenvalue weighted by molar-refractivity contribution is -0.159. The number of fused-ring (bicyclic) bond motifs is 1. The number of ether oxygens (including phenoxy) is 2. The molecule has 0 spiro atoms. The Kier molecular flexibility index (Phi) is 8.22. The minimum atomic E-state index is -4.74. The Labute approximate surface area is 265 Å². The molecule has 46 heavy (non-hydrogen) atoms. The zero-order valence-electron chi connectivity index (χ0n) is 24.3. The van der Waals surface area contributed by atoms with Crippen molar-refractivity contribution >= 4 is 28.3 Å². The third kappa shape index (κ3) is 6.48. The van der Waals surface area contributed by atoms with Gasteiger partial charge in [0, 0.05) is 42.0 Å². The molecule has 1 atom stereocenters. The summed E-state index contributed by atoms with van der Waals surface area (Å²) in [6, 6.07) is 13.9. The molecule has 0 radical (unpaired) electrons. The Morgan fingerprint density at radius 2 is 1.93 bits per heavy atom. The van der Waals surface area contributed by atoms with Crippen LogP contribution >= 0.6 is 11.6 Å². The second kappa shape index (κ2) is 12.5. The second-order valence-corrected chi connectivity index (χ2v) is 11.6. The van der Waals surface area contributed by atoms with Crippen molar-refractivity contribution in [3.63, 3.8) is 0 Å². The van der Waals surface area contributed by atoms with Gasteiger partial charge in [-0.3, -0.25) is 4.90 Å². The average Bonchev–Trinajstić information content (AvgIpc) is 3.64. The molecule has 14 heteroatoms. The number of pyridine rings is 1. The van der Waals surface area contributed by atoms with Gasteiger partial charge < -0.3 is 18.6 Å². The van der Waals surface area contributed by atoms with E-state index in [1.54, 1.807) is 18.2 Å². The van der Waals surface area contributed by atoms with Crippen molar-refractivity contribution in [2.75, 3.05) is 19.7 Å². The van der Waals surface area contributed by atoms with Crippen LogP contribution in [0, 0.1) is 5.82 Å². The van der Waals surface area contributed by atoms with E-state index in [-0.39, 0.29) is 24.1 Å². The summed E-state index contributed by atoms with van der Waals surface area (Å²) < 4.78 is 71.1. The SMILES string of the molecule is Fc1cc(Cl)ccc1COc1cccc(C2=CCN(Cc3nc4cc(-c5noc(C(F)(F)F)n5)cnc4n3CC3CCO3)CC2)c1. The number of hydrogen-bond donors (Lipinski definition) is 0. The molecule has 0 N–H and O–H groups in total. The van der Waals surface area contributed by atoms with Crippen LogP contribution in [-0.2, 0) is 30.6 Å².